The second-order valence-corrected chi connectivity index (χ2v) is 9.57. The molecule has 1 aliphatic heterocycles. The average molecular weight is 431 g/mol. The molecule has 0 aromatic heterocycles. The van der Waals surface area contributed by atoms with Gasteiger partial charge in [-0.3, -0.25) is 0 Å². The zero-order chi connectivity index (χ0) is 22.0. The molecular weight excluding hydrogens is 380 g/mol. The van der Waals surface area contributed by atoms with Crippen molar-refractivity contribution in [3.63, 3.8) is 0 Å². The van der Waals surface area contributed by atoms with Gasteiger partial charge < -0.3 is 15.4 Å². The van der Waals surface area contributed by atoms with E-state index in [-0.39, 0.29) is 0 Å². The quantitative estimate of drug-likeness (QED) is 0.231. The van der Waals surface area contributed by atoms with Crippen LogP contribution in [0.4, 0.5) is 5.69 Å². The Morgan fingerprint density at radius 2 is 1.35 bits per heavy atom. The van der Waals surface area contributed by atoms with Crippen LogP contribution in [-0.4, -0.2) is 25.7 Å². The molecule has 1 aliphatic rings. The van der Waals surface area contributed by atoms with E-state index in [1.54, 1.807) is 0 Å². The molecule has 0 saturated carbocycles. The van der Waals surface area contributed by atoms with E-state index in [1.807, 2.05) is 0 Å². The first-order chi connectivity index (χ1) is 15.3. The highest BCUT2D eigenvalue weighted by Crippen LogP contribution is 2.25. The normalized spacial score (nSPS) is 14.6. The largest absolute Gasteiger partial charge is 0.490 e. The summed E-state index contributed by atoms with van der Waals surface area (Å²) in [7, 11) is 0. The van der Waals surface area contributed by atoms with Gasteiger partial charge in [-0.15, -0.1) is 0 Å². The molecule has 0 radical (unpaired) electrons. The van der Waals surface area contributed by atoms with Crippen molar-refractivity contribution < 1.29 is 4.74 Å². The van der Waals surface area contributed by atoms with Gasteiger partial charge in [-0.05, 0) is 63.0 Å². The zero-order valence-corrected chi connectivity index (χ0v) is 20.7. The number of benzene rings is 1. The van der Waals surface area contributed by atoms with Gasteiger partial charge in [0.25, 0.3) is 0 Å². The molecule has 0 aliphatic carbocycles. The number of rotatable bonds is 18. The van der Waals surface area contributed by atoms with Crippen LogP contribution in [0.15, 0.2) is 18.2 Å². The molecule has 0 atom stereocenters. The van der Waals surface area contributed by atoms with Gasteiger partial charge >= 0.3 is 0 Å². The number of ether oxygens (including phenoxy) is 1. The maximum absolute atomic E-state index is 6.20. The van der Waals surface area contributed by atoms with E-state index >= 15 is 0 Å². The number of hydrogen-bond acceptors (Lipinski definition) is 3. The second kappa shape index (κ2) is 17.3. The first-order valence-electron chi connectivity index (χ1n) is 13.5. The maximum Gasteiger partial charge on any atom is 0.122 e. The predicted octanol–water partition coefficient (Wildman–Crippen LogP) is 8.02. The minimum atomic E-state index is 0.370. The first-order valence-corrected chi connectivity index (χ1v) is 13.5. The van der Waals surface area contributed by atoms with E-state index in [1.165, 1.54) is 101 Å². The van der Waals surface area contributed by atoms with Gasteiger partial charge in [-0.1, -0.05) is 90.4 Å². The van der Waals surface area contributed by atoms with Gasteiger partial charge in [0.15, 0.2) is 0 Å². The SMILES string of the molecule is CCCCCCCCCCCCCCCCNc1ccc(OC2CCNCC2)c(C)c1. The molecule has 1 saturated heterocycles. The molecule has 1 aromatic rings. The van der Waals surface area contributed by atoms with Crippen LogP contribution in [0, 0.1) is 6.92 Å². The lowest BCUT2D eigenvalue weighted by Crippen LogP contribution is -2.34. The Morgan fingerprint density at radius 1 is 0.806 bits per heavy atom. The van der Waals surface area contributed by atoms with Crippen molar-refractivity contribution >= 4 is 5.69 Å². The van der Waals surface area contributed by atoms with Crippen molar-refractivity contribution in [2.75, 3.05) is 25.0 Å². The summed E-state index contributed by atoms with van der Waals surface area (Å²) in [4.78, 5) is 0. The van der Waals surface area contributed by atoms with Crippen LogP contribution in [-0.2, 0) is 0 Å². The van der Waals surface area contributed by atoms with Crippen LogP contribution in [0.2, 0.25) is 0 Å². The summed E-state index contributed by atoms with van der Waals surface area (Å²) in [6.45, 7) is 7.67. The Kier molecular flexibility index (Phi) is 14.6. The standard InChI is InChI=1S/C28H50N2O/c1-3-4-5-6-7-8-9-10-11-12-13-14-15-16-21-30-26-17-18-28(25(2)24-26)31-27-19-22-29-23-20-27/h17-18,24,27,29-30H,3-16,19-23H2,1-2H3. The second-order valence-electron chi connectivity index (χ2n) is 9.57. The highest BCUT2D eigenvalue weighted by molar-refractivity contribution is 5.50. The van der Waals surface area contributed by atoms with E-state index in [0.717, 1.165) is 38.2 Å². The maximum atomic E-state index is 6.20. The molecule has 0 spiro atoms. The van der Waals surface area contributed by atoms with Crippen molar-refractivity contribution in [3.8, 4) is 5.75 Å². The van der Waals surface area contributed by atoms with Crippen LogP contribution in [0.5, 0.6) is 5.75 Å². The molecule has 0 bridgehead atoms. The molecule has 3 heteroatoms. The van der Waals surface area contributed by atoms with Crippen LogP contribution in [0.25, 0.3) is 0 Å². The molecule has 0 amide bonds. The Morgan fingerprint density at radius 3 is 1.90 bits per heavy atom. The molecule has 0 unspecified atom stereocenters. The van der Waals surface area contributed by atoms with Gasteiger partial charge in [0.2, 0.25) is 0 Å². The van der Waals surface area contributed by atoms with Gasteiger partial charge in [0, 0.05) is 12.2 Å². The fourth-order valence-electron chi connectivity index (χ4n) is 4.54. The molecule has 1 heterocycles. The van der Waals surface area contributed by atoms with E-state index in [0.29, 0.717) is 6.10 Å². The van der Waals surface area contributed by atoms with Gasteiger partial charge in [-0.25, -0.2) is 0 Å². The van der Waals surface area contributed by atoms with Crippen LogP contribution in [0.3, 0.4) is 0 Å². The van der Waals surface area contributed by atoms with E-state index in [9.17, 15) is 0 Å². The topological polar surface area (TPSA) is 33.3 Å². The minimum Gasteiger partial charge on any atom is -0.490 e. The van der Waals surface area contributed by atoms with Crippen molar-refractivity contribution in [2.24, 2.45) is 0 Å². The average Bonchev–Trinajstić information content (AvgIpc) is 2.79. The number of unbranched alkanes of at least 4 members (excludes halogenated alkanes) is 13. The fraction of sp³-hybridized carbons (Fsp3) is 0.786. The summed E-state index contributed by atoms with van der Waals surface area (Å²) >= 11 is 0. The monoisotopic (exact) mass is 430 g/mol. The highest BCUT2D eigenvalue weighted by Gasteiger charge is 2.15. The number of aryl methyl sites for hydroxylation is 1. The Balaban J connectivity index is 1.41. The Bertz CT molecular complexity index is 554. The molecule has 1 fully saturated rings. The van der Waals surface area contributed by atoms with Crippen molar-refractivity contribution in [1.82, 2.24) is 5.32 Å². The molecule has 3 nitrogen and oxygen atoms in total. The lowest BCUT2D eigenvalue weighted by molar-refractivity contribution is 0.161. The van der Waals surface area contributed by atoms with Crippen LogP contribution < -0.4 is 15.4 Å². The predicted molar refractivity (Wildman–Crippen MR) is 137 cm³/mol. The summed E-state index contributed by atoms with van der Waals surface area (Å²) in [6, 6.07) is 6.55. The minimum absolute atomic E-state index is 0.370. The smallest absolute Gasteiger partial charge is 0.122 e. The van der Waals surface area contributed by atoms with E-state index < -0.39 is 0 Å². The third-order valence-corrected chi connectivity index (χ3v) is 6.61. The summed E-state index contributed by atoms with van der Waals surface area (Å²) < 4.78 is 6.20. The van der Waals surface area contributed by atoms with Crippen LogP contribution >= 0.6 is 0 Å². The van der Waals surface area contributed by atoms with Gasteiger partial charge in [-0.2, -0.15) is 0 Å². The van der Waals surface area contributed by atoms with Crippen molar-refractivity contribution in [1.29, 1.82) is 0 Å². The van der Waals surface area contributed by atoms with E-state index in [4.69, 9.17) is 4.74 Å². The molecular formula is C28H50N2O. The first kappa shape index (κ1) is 26.0. The third-order valence-electron chi connectivity index (χ3n) is 6.61. The lowest BCUT2D eigenvalue weighted by atomic mass is 10.0. The summed E-state index contributed by atoms with van der Waals surface area (Å²) in [5.74, 6) is 1.05. The summed E-state index contributed by atoms with van der Waals surface area (Å²) in [5.41, 5.74) is 2.47. The molecule has 1 aromatic carbocycles. The van der Waals surface area contributed by atoms with Gasteiger partial charge in [0.05, 0.1) is 0 Å². The molecule has 178 valence electrons. The van der Waals surface area contributed by atoms with Crippen molar-refractivity contribution in [3.05, 3.63) is 23.8 Å². The number of nitrogens with one attached hydrogen (secondary N) is 2. The molecule has 2 rings (SSSR count). The Labute approximate surface area is 193 Å². The highest BCUT2D eigenvalue weighted by atomic mass is 16.5. The third kappa shape index (κ3) is 12.4. The van der Waals surface area contributed by atoms with Crippen LogP contribution in [0.1, 0.15) is 115 Å². The number of piperidine rings is 1. The number of hydrogen-bond donors (Lipinski definition) is 2. The van der Waals surface area contributed by atoms with E-state index in [2.05, 4.69) is 42.7 Å². The fourth-order valence-corrected chi connectivity index (χ4v) is 4.54. The number of anilines is 1. The molecule has 31 heavy (non-hydrogen) atoms. The van der Waals surface area contributed by atoms with Crippen molar-refractivity contribution in [2.45, 2.75) is 123 Å². The molecule has 2 N–H and O–H groups in total. The zero-order valence-electron chi connectivity index (χ0n) is 20.7. The van der Waals surface area contributed by atoms with Gasteiger partial charge in [0.1, 0.15) is 11.9 Å². The lowest BCUT2D eigenvalue weighted by Gasteiger charge is -2.24. The summed E-state index contributed by atoms with van der Waals surface area (Å²) in [5, 5.41) is 6.99. The Hall–Kier alpha value is -1.22. The summed E-state index contributed by atoms with van der Waals surface area (Å²) in [6.07, 6.45) is 22.4.